The van der Waals surface area contributed by atoms with Crippen molar-refractivity contribution in [3.05, 3.63) is 0 Å². The molecule has 3 aliphatic rings. The molecule has 1 aliphatic heterocycles. The van der Waals surface area contributed by atoms with E-state index in [-0.39, 0.29) is 18.0 Å². The average molecular weight is 349 g/mol. The lowest BCUT2D eigenvalue weighted by molar-refractivity contribution is -0.164. The first-order valence-electron chi connectivity index (χ1n) is 11.4. The highest BCUT2D eigenvalue weighted by Gasteiger charge is 2.38. The molecular weight excluding hydrogens is 308 g/mol. The van der Waals surface area contributed by atoms with Crippen molar-refractivity contribution in [1.29, 1.82) is 0 Å². The van der Waals surface area contributed by atoms with Crippen molar-refractivity contribution < 1.29 is 9.53 Å². The van der Waals surface area contributed by atoms with Gasteiger partial charge in [0.25, 0.3) is 0 Å². The van der Waals surface area contributed by atoms with Crippen molar-refractivity contribution >= 4 is 5.97 Å². The van der Waals surface area contributed by atoms with Gasteiger partial charge in [0.05, 0.1) is 5.92 Å². The Bertz CT molecular complexity index is 402. The molecule has 0 radical (unpaired) electrons. The second-order valence-electron chi connectivity index (χ2n) is 9.25. The minimum Gasteiger partial charge on any atom is -0.462 e. The Hall–Kier alpha value is -0.530. The van der Waals surface area contributed by atoms with Crippen LogP contribution >= 0.6 is 0 Å². The van der Waals surface area contributed by atoms with Gasteiger partial charge in [0, 0.05) is 0 Å². The van der Waals surface area contributed by atoms with Gasteiger partial charge in [0.2, 0.25) is 0 Å². The van der Waals surface area contributed by atoms with Gasteiger partial charge in [-0.2, -0.15) is 0 Å². The van der Waals surface area contributed by atoms with Crippen LogP contribution in [0.3, 0.4) is 0 Å². The minimum absolute atomic E-state index is 0.123. The molecule has 25 heavy (non-hydrogen) atoms. The van der Waals surface area contributed by atoms with E-state index in [4.69, 9.17) is 4.74 Å². The molecule has 144 valence electrons. The number of ether oxygens (including phenoxy) is 1. The molecule has 3 fully saturated rings. The summed E-state index contributed by atoms with van der Waals surface area (Å²) in [6.07, 6.45) is 18.8. The molecule has 2 saturated carbocycles. The highest BCUT2D eigenvalue weighted by Crippen LogP contribution is 2.45. The fourth-order valence-electron chi connectivity index (χ4n) is 5.97. The van der Waals surface area contributed by atoms with Crippen LogP contribution in [-0.4, -0.2) is 12.1 Å². The lowest BCUT2D eigenvalue weighted by Gasteiger charge is -2.40. The third-order valence-electron chi connectivity index (χ3n) is 7.75. The number of carbonyl (C=O) groups excluding carboxylic acids is 1. The van der Waals surface area contributed by atoms with Gasteiger partial charge < -0.3 is 4.74 Å². The van der Waals surface area contributed by atoms with Crippen LogP contribution < -0.4 is 0 Å². The van der Waals surface area contributed by atoms with Gasteiger partial charge in [-0.25, -0.2) is 0 Å². The molecule has 0 amide bonds. The fraction of sp³-hybridized carbons (Fsp3) is 0.957. The number of esters is 1. The van der Waals surface area contributed by atoms with E-state index in [0.29, 0.717) is 5.92 Å². The molecule has 2 heteroatoms. The molecule has 0 aromatic heterocycles. The molecule has 3 rings (SSSR count). The molecule has 0 spiro atoms. The number of rotatable bonds is 6. The molecule has 2 atom stereocenters. The van der Waals surface area contributed by atoms with E-state index in [2.05, 4.69) is 13.8 Å². The molecule has 2 nitrogen and oxygen atoms in total. The summed E-state index contributed by atoms with van der Waals surface area (Å²) in [6, 6.07) is 0. The topological polar surface area (TPSA) is 26.3 Å². The highest BCUT2D eigenvalue weighted by atomic mass is 16.5. The smallest absolute Gasteiger partial charge is 0.309 e. The summed E-state index contributed by atoms with van der Waals surface area (Å²) in [4.78, 5) is 12.3. The van der Waals surface area contributed by atoms with Gasteiger partial charge in [0.15, 0.2) is 0 Å². The third kappa shape index (κ3) is 5.01. The Labute approximate surface area is 155 Å². The fourth-order valence-corrected chi connectivity index (χ4v) is 5.97. The van der Waals surface area contributed by atoms with Crippen molar-refractivity contribution in [1.82, 2.24) is 0 Å². The Morgan fingerprint density at radius 1 is 0.800 bits per heavy atom. The quantitative estimate of drug-likeness (QED) is 0.511. The van der Waals surface area contributed by atoms with Gasteiger partial charge in [-0.1, -0.05) is 46.0 Å². The SMILES string of the molecule is CCCCC1CCC(C2CCC(C3CCC(CC)OC3=O)CC2)CC1. The highest BCUT2D eigenvalue weighted by molar-refractivity contribution is 5.73. The standard InChI is InChI=1S/C23H40O2/c1-3-5-6-17-7-9-18(10-8-17)19-11-13-20(14-12-19)22-16-15-21(4-2)25-23(22)24/h17-22H,3-16H2,1-2H3. The maximum atomic E-state index is 12.3. The Morgan fingerprint density at radius 2 is 1.40 bits per heavy atom. The normalized spacial score (nSPS) is 39.8. The summed E-state index contributed by atoms with van der Waals surface area (Å²) >= 11 is 0. The summed E-state index contributed by atoms with van der Waals surface area (Å²) < 4.78 is 5.65. The Morgan fingerprint density at radius 3 is 1.96 bits per heavy atom. The summed E-state index contributed by atoms with van der Waals surface area (Å²) in [6.45, 7) is 4.44. The minimum atomic E-state index is 0.123. The van der Waals surface area contributed by atoms with Crippen molar-refractivity contribution in [3.63, 3.8) is 0 Å². The molecule has 1 heterocycles. The van der Waals surface area contributed by atoms with Crippen LogP contribution in [-0.2, 0) is 9.53 Å². The average Bonchev–Trinajstić information content (AvgIpc) is 2.67. The summed E-state index contributed by atoms with van der Waals surface area (Å²) in [7, 11) is 0. The van der Waals surface area contributed by atoms with Gasteiger partial charge in [0.1, 0.15) is 6.10 Å². The van der Waals surface area contributed by atoms with Gasteiger partial charge >= 0.3 is 5.97 Å². The maximum Gasteiger partial charge on any atom is 0.309 e. The molecule has 0 N–H and O–H groups in total. The van der Waals surface area contributed by atoms with Crippen LogP contribution in [0.4, 0.5) is 0 Å². The zero-order valence-corrected chi connectivity index (χ0v) is 16.7. The molecule has 0 aromatic carbocycles. The van der Waals surface area contributed by atoms with Crippen molar-refractivity contribution in [2.45, 2.75) is 110 Å². The number of hydrogen-bond donors (Lipinski definition) is 0. The second-order valence-corrected chi connectivity index (χ2v) is 9.25. The Kier molecular flexibility index (Phi) is 7.25. The van der Waals surface area contributed by atoms with E-state index in [1.165, 1.54) is 70.6 Å². The van der Waals surface area contributed by atoms with Crippen LogP contribution in [0.1, 0.15) is 104 Å². The molecular formula is C23H40O2. The second kappa shape index (κ2) is 9.42. The molecule has 2 aliphatic carbocycles. The van der Waals surface area contributed by atoms with E-state index in [1.807, 2.05) is 0 Å². The molecule has 2 unspecified atom stereocenters. The van der Waals surface area contributed by atoms with E-state index in [0.717, 1.165) is 37.0 Å². The lowest BCUT2D eigenvalue weighted by atomic mass is 9.66. The first kappa shape index (κ1) is 19.2. The zero-order chi connectivity index (χ0) is 17.6. The van der Waals surface area contributed by atoms with Crippen molar-refractivity contribution in [2.24, 2.45) is 29.6 Å². The largest absolute Gasteiger partial charge is 0.462 e. The summed E-state index contributed by atoms with van der Waals surface area (Å²) in [5, 5.41) is 0. The van der Waals surface area contributed by atoms with Crippen molar-refractivity contribution in [3.8, 4) is 0 Å². The molecule has 1 saturated heterocycles. The van der Waals surface area contributed by atoms with Crippen LogP contribution in [0.15, 0.2) is 0 Å². The summed E-state index contributed by atoms with van der Waals surface area (Å²) in [5.74, 6) is 3.91. The van der Waals surface area contributed by atoms with Gasteiger partial charge in [-0.3, -0.25) is 4.79 Å². The third-order valence-corrected chi connectivity index (χ3v) is 7.75. The van der Waals surface area contributed by atoms with E-state index < -0.39 is 0 Å². The lowest BCUT2D eigenvalue weighted by Crippen LogP contribution is -2.37. The van der Waals surface area contributed by atoms with E-state index in [9.17, 15) is 4.79 Å². The van der Waals surface area contributed by atoms with Crippen LogP contribution in [0.25, 0.3) is 0 Å². The first-order chi connectivity index (χ1) is 12.2. The number of unbranched alkanes of at least 4 members (excludes halogenated alkanes) is 1. The monoisotopic (exact) mass is 348 g/mol. The number of cyclic esters (lactones) is 1. The van der Waals surface area contributed by atoms with Crippen molar-refractivity contribution in [2.75, 3.05) is 0 Å². The van der Waals surface area contributed by atoms with E-state index >= 15 is 0 Å². The molecule has 0 aromatic rings. The van der Waals surface area contributed by atoms with E-state index in [1.54, 1.807) is 0 Å². The predicted octanol–water partition coefficient (Wildman–Crippen LogP) is 6.52. The predicted molar refractivity (Wildman–Crippen MR) is 103 cm³/mol. The Balaban J connectivity index is 1.40. The van der Waals surface area contributed by atoms with Gasteiger partial charge in [-0.05, 0) is 81.5 Å². The first-order valence-corrected chi connectivity index (χ1v) is 11.4. The molecule has 0 bridgehead atoms. The number of hydrogen-bond acceptors (Lipinski definition) is 2. The zero-order valence-electron chi connectivity index (χ0n) is 16.7. The van der Waals surface area contributed by atoms with Gasteiger partial charge in [-0.15, -0.1) is 0 Å². The maximum absolute atomic E-state index is 12.3. The van der Waals surface area contributed by atoms with Crippen LogP contribution in [0.5, 0.6) is 0 Å². The number of carbonyl (C=O) groups is 1. The summed E-state index contributed by atoms with van der Waals surface area (Å²) in [5.41, 5.74) is 0. The van der Waals surface area contributed by atoms with Crippen LogP contribution in [0.2, 0.25) is 0 Å². The van der Waals surface area contributed by atoms with Crippen LogP contribution in [0, 0.1) is 29.6 Å².